The van der Waals surface area contributed by atoms with Gasteiger partial charge in [-0.05, 0) is 56.2 Å². The second-order valence-corrected chi connectivity index (χ2v) is 9.70. The fourth-order valence-corrected chi connectivity index (χ4v) is 5.19. The molecule has 3 aromatic rings. The van der Waals surface area contributed by atoms with Crippen LogP contribution in [0.4, 0.5) is 11.5 Å². The molecule has 10 nitrogen and oxygen atoms in total. The van der Waals surface area contributed by atoms with Crippen molar-refractivity contribution in [3.8, 4) is 11.1 Å². The number of hydrogen-bond donors (Lipinski definition) is 2. The van der Waals surface area contributed by atoms with Gasteiger partial charge in [0.25, 0.3) is 10.0 Å². The maximum atomic E-state index is 13.3. The second-order valence-electron chi connectivity index (χ2n) is 8.05. The highest BCUT2D eigenvalue weighted by Gasteiger charge is 2.27. The number of aryl methyl sites for hydroxylation is 2. The zero-order valence-corrected chi connectivity index (χ0v) is 20.2. The van der Waals surface area contributed by atoms with Crippen LogP contribution in [0, 0.1) is 13.8 Å². The quantitative estimate of drug-likeness (QED) is 0.498. The average molecular weight is 497 g/mol. The third-order valence-corrected chi connectivity index (χ3v) is 7.04. The molecule has 35 heavy (non-hydrogen) atoms. The summed E-state index contributed by atoms with van der Waals surface area (Å²) in [6, 6.07) is 10.8. The number of nitrogens with zero attached hydrogens (tertiary/aromatic N) is 2. The van der Waals surface area contributed by atoms with Crippen molar-refractivity contribution in [2.45, 2.75) is 38.5 Å². The number of carbonyl (C=O) groups is 3. The Morgan fingerprint density at radius 2 is 1.91 bits per heavy atom. The molecule has 1 aromatic heterocycles. The molecule has 1 aliphatic heterocycles. The highest BCUT2D eigenvalue weighted by Crippen LogP contribution is 2.35. The number of fused-ring (bicyclic) bond motifs is 1. The predicted molar refractivity (Wildman–Crippen MR) is 129 cm³/mol. The number of nitrogens with one attached hydrogen (secondary N) is 2. The molecule has 0 spiro atoms. The lowest BCUT2D eigenvalue weighted by atomic mass is 10.0. The summed E-state index contributed by atoms with van der Waals surface area (Å²) in [5.74, 6) is -0.977. The van der Waals surface area contributed by atoms with Crippen LogP contribution in [0.2, 0.25) is 0 Å². The lowest BCUT2D eigenvalue weighted by Gasteiger charge is -2.13. The summed E-state index contributed by atoms with van der Waals surface area (Å²) in [6.07, 6.45) is 0.0741. The van der Waals surface area contributed by atoms with Crippen molar-refractivity contribution in [1.29, 1.82) is 0 Å². The van der Waals surface area contributed by atoms with Gasteiger partial charge >= 0.3 is 5.97 Å². The lowest BCUT2D eigenvalue weighted by molar-refractivity contribution is -0.116. The van der Waals surface area contributed by atoms with Gasteiger partial charge in [0, 0.05) is 24.1 Å². The second kappa shape index (κ2) is 9.34. The lowest BCUT2D eigenvalue weighted by Crippen LogP contribution is -2.15. The molecule has 2 aromatic carbocycles. The van der Waals surface area contributed by atoms with Crippen LogP contribution in [0.1, 0.15) is 46.2 Å². The van der Waals surface area contributed by atoms with Gasteiger partial charge in [0.15, 0.2) is 0 Å². The minimum absolute atomic E-state index is 0.00200. The summed E-state index contributed by atoms with van der Waals surface area (Å²) in [5, 5.41) is 6.98. The Morgan fingerprint density at radius 3 is 2.66 bits per heavy atom. The minimum Gasteiger partial charge on any atom is -0.462 e. The highest BCUT2D eigenvalue weighted by molar-refractivity contribution is 7.92. The smallest absolute Gasteiger partial charge is 0.338 e. The molecule has 182 valence electrons. The van der Waals surface area contributed by atoms with Crippen LogP contribution in [-0.2, 0) is 19.6 Å². The Bertz CT molecular complexity index is 1460. The van der Waals surface area contributed by atoms with Crippen molar-refractivity contribution >= 4 is 39.3 Å². The fraction of sp³-hybridized carbons (Fsp3) is 0.250. The first-order valence-electron chi connectivity index (χ1n) is 10.9. The Labute approximate surface area is 202 Å². The monoisotopic (exact) mass is 496 g/mol. The number of anilines is 2. The van der Waals surface area contributed by atoms with Gasteiger partial charge in [-0.1, -0.05) is 18.2 Å². The third-order valence-electron chi connectivity index (χ3n) is 5.51. The normalized spacial score (nSPS) is 13.6. The van der Waals surface area contributed by atoms with Crippen LogP contribution < -0.4 is 10.0 Å². The zero-order valence-electron chi connectivity index (χ0n) is 19.4. The average Bonchev–Trinajstić information content (AvgIpc) is 3.06. The van der Waals surface area contributed by atoms with Gasteiger partial charge in [-0.15, -0.1) is 0 Å². The molecule has 0 saturated carbocycles. The Kier molecular flexibility index (Phi) is 6.44. The van der Waals surface area contributed by atoms with E-state index in [-0.39, 0.29) is 53.2 Å². The first-order chi connectivity index (χ1) is 16.6. The first kappa shape index (κ1) is 24.1. The Hall–Kier alpha value is -3.99. The van der Waals surface area contributed by atoms with Crippen LogP contribution in [0.5, 0.6) is 0 Å². The van der Waals surface area contributed by atoms with E-state index in [0.29, 0.717) is 22.4 Å². The molecule has 0 radical (unpaired) electrons. The van der Waals surface area contributed by atoms with Gasteiger partial charge in [-0.2, -0.15) is 9.78 Å². The Balaban J connectivity index is 1.74. The molecule has 4 rings (SSSR count). The fourth-order valence-electron chi connectivity index (χ4n) is 3.87. The van der Waals surface area contributed by atoms with Crippen molar-refractivity contribution in [3.63, 3.8) is 0 Å². The molecular formula is C24H24N4O6S. The van der Waals surface area contributed by atoms with Gasteiger partial charge in [-0.3, -0.25) is 14.3 Å². The summed E-state index contributed by atoms with van der Waals surface area (Å²) in [5.41, 5.74) is 2.32. The number of aromatic nitrogens is 2. The van der Waals surface area contributed by atoms with Gasteiger partial charge in [0.2, 0.25) is 11.8 Å². The number of benzene rings is 2. The zero-order chi connectivity index (χ0) is 25.3. The van der Waals surface area contributed by atoms with E-state index < -0.39 is 16.0 Å². The number of amides is 1. The molecule has 2 N–H and O–H groups in total. The van der Waals surface area contributed by atoms with E-state index in [0.717, 1.165) is 4.68 Å². The number of ether oxygens (including phenoxy) is 1. The number of hydrogen-bond acceptors (Lipinski definition) is 7. The molecule has 1 aliphatic rings. The molecule has 0 fully saturated rings. The van der Waals surface area contributed by atoms with Crippen LogP contribution in [-0.4, -0.2) is 42.6 Å². The summed E-state index contributed by atoms with van der Waals surface area (Å²) < 4.78 is 35.3. The van der Waals surface area contributed by atoms with Gasteiger partial charge in [0.05, 0.1) is 22.8 Å². The molecule has 0 bridgehead atoms. The number of esters is 1. The van der Waals surface area contributed by atoms with Crippen molar-refractivity contribution in [1.82, 2.24) is 9.78 Å². The van der Waals surface area contributed by atoms with Crippen LogP contribution >= 0.6 is 0 Å². The van der Waals surface area contributed by atoms with Crippen LogP contribution in [0.25, 0.3) is 11.1 Å². The number of sulfonamides is 1. The Morgan fingerprint density at radius 1 is 1.14 bits per heavy atom. The number of carbonyl (C=O) groups excluding carboxylic acids is 3. The molecular weight excluding hydrogens is 472 g/mol. The maximum Gasteiger partial charge on any atom is 0.338 e. The molecule has 0 saturated heterocycles. The van der Waals surface area contributed by atoms with E-state index in [1.807, 2.05) is 0 Å². The molecule has 0 atom stereocenters. The summed E-state index contributed by atoms with van der Waals surface area (Å²) in [4.78, 5) is 36.6. The largest absolute Gasteiger partial charge is 0.462 e. The van der Waals surface area contributed by atoms with E-state index in [2.05, 4.69) is 15.1 Å². The highest BCUT2D eigenvalue weighted by atomic mass is 32.2. The predicted octanol–water partition coefficient (Wildman–Crippen LogP) is 3.52. The van der Waals surface area contributed by atoms with Crippen molar-refractivity contribution in [2.24, 2.45) is 0 Å². The van der Waals surface area contributed by atoms with Gasteiger partial charge in [-0.25, -0.2) is 13.2 Å². The molecule has 1 amide bonds. The van der Waals surface area contributed by atoms with Gasteiger partial charge < -0.3 is 10.1 Å². The molecule has 11 heteroatoms. The molecule has 2 heterocycles. The van der Waals surface area contributed by atoms with E-state index in [4.69, 9.17) is 4.74 Å². The van der Waals surface area contributed by atoms with E-state index in [1.54, 1.807) is 39.0 Å². The summed E-state index contributed by atoms with van der Waals surface area (Å²) in [6.45, 7) is 5.22. The first-order valence-corrected chi connectivity index (χ1v) is 12.4. The summed E-state index contributed by atoms with van der Waals surface area (Å²) in [7, 11) is -4.06. The topological polar surface area (TPSA) is 136 Å². The SMILES string of the molecule is CCOC(=O)c1cccc(NS(=O)(=O)c2cc(-c3c(C)nn4c3NC(=O)CCC4=O)ccc2C)c1. The summed E-state index contributed by atoms with van der Waals surface area (Å²) >= 11 is 0. The van der Waals surface area contributed by atoms with E-state index >= 15 is 0 Å². The maximum absolute atomic E-state index is 13.3. The van der Waals surface area contributed by atoms with Crippen molar-refractivity contribution < 1.29 is 27.5 Å². The third kappa shape index (κ3) is 4.80. The van der Waals surface area contributed by atoms with E-state index in [1.165, 1.54) is 24.3 Å². The van der Waals surface area contributed by atoms with Crippen molar-refractivity contribution in [3.05, 3.63) is 59.3 Å². The van der Waals surface area contributed by atoms with Crippen LogP contribution in [0.15, 0.2) is 47.4 Å². The minimum atomic E-state index is -4.06. The standard InChI is InChI=1S/C24H24N4O6S/c1-4-34-24(31)17-6-5-7-18(12-17)27-35(32,33)19-13-16(9-8-14(19)2)22-15(3)26-28-21(30)11-10-20(29)25-23(22)28/h5-9,12-13,27H,4,10-11H2,1-3H3,(H,25,29). The number of rotatable bonds is 6. The van der Waals surface area contributed by atoms with Crippen molar-refractivity contribution in [2.75, 3.05) is 16.6 Å². The van der Waals surface area contributed by atoms with E-state index in [9.17, 15) is 22.8 Å². The molecule has 0 unspecified atom stereocenters. The molecule has 0 aliphatic carbocycles. The van der Waals surface area contributed by atoms with Crippen LogP contribution in [0.3, 0.4) is 0 Å². The van der Waals surface area contributed by atoms with Gasteiger partial charge in [0.1, 0.15) is 5.82 Å².